The maximum atomic E-state index is 5.67. The fraction of sp³-hybridized carbons (Fsp3) is 0.750. The predicted molar refractivity (Wildman–Crippen MR) is 83.0 cm³/mol. The van der Waals surface area contributed by atoms with E-state index in [4.69, 9.17) is 4.74 Å². The van der Waals surface area contributed by atoms with Gasteiger partial charge in [-0.2, -0.15) is 0 Å². The molecular formula is C16H27NOS. The van der Waals surface area contributed by atoms with Crippen molar-refractivity contribution in [2.75, 3.05) is 13.2 Å². The van der Waals surface area contributed by atoms with Crippen molar-refractivity contribution in [1.82, 2.24) is 5.32 Å². The molecule has 0 spiro atoms. The number of hydrogen-bond donors (Lipinski definition) is 1. The Morgan fingerprint density at radius 3 is 2.63 bits per heavy atom. The summed E-state index contributed by atoms with van der Waals surface area (Å²) in [6.07, 6.45) is 4.29. The van der Waals surface area contributed by atoms with Crippen LogP contribution in [-0.4, -0.2) is 19.3 Å². The summed E-state index contributed by atoms with van der Waals surface area (Å²) in [5, 5.41) is 3.67. The van der Waals surface area contributed by atoms with Crippen LogP contribution in [0.15, 0.2) is 6.07 Å². The molecule has 1 aliphatic rings. The molecule has 0 aliphatic heterocycles. The number of rotatable bonds is 7. The zero-order valence-corrected chi connectivity index (χ0v) is 13.5. The smallest absolute Gasteiger partial charge is 0.0580 e. The zero-order chi connectivity index (χ0) is 13.8. The Bertz CT molecular complexity index is 395. The van der Waals surface area contributed by atoms with Crippen LogP contribution in [-0.2, 0) is 4.74 Å². The van der Waals surface area contributed by atoms with E-state index in [0.717, 1.165) is 19.1 Å². The van der Waals surface area contributed by atoms with Crippen molar-refractivity contribution in [1.29, 1.82) is 0 Å². The van der Waals surface area contributed by atoms with E-state index >= 15 is 0 Å². The SMILES string of the molecule is CCNC(CC1CC(OCC)C1)c1sc(C)cc1C. The van der Waals surface area contributed by atoms with Crippen molar-refractivity contribution in [3.05, 3.63) is 21.4 Å². The Kier molecular flexibility index (Phi) is 5.43. The van der Waals surface area contributed by atoms with E-state index < -0.39 is 0 Å². The highest BCUT2D eigenvalue weighted by Crippen LogP contribution is 2.39. The van der Waals surface area contributed by atoms with E-state index in [9.17, 15) is 0 Å². The summed E-state index contributed by atoms with van der Waals surface area (Å²) in [5.74, 6) is 0.836. The first kappa shape index (κ1) is 15.0. The largest absolute Gasteiger partial charge is 0.378 e. The molecule has 2 nitrogen and oxygen atoms in total. The molecule has 1 N–H and O–H groups in total. The van der Waals surface area contributed by atoms with Gasteiger partial charge in [-0.25, -0.2) is 0 Å². The van der Waals surface area contributed by atoms with Crippen LogP contribution in [0.5, 0.6) is 0 Å². The van der Waals surface area contributed by atoms with Crippen LogP contribution in [0.2, 0.25) is 0 Å². The lowest BCUT2D eigenvalue weighted by Gasteiger charge is -2.37. The molecule has 2 rings (SSSR count). The summed E-state index contributed by atoms with van der Waals surface area (Å²) in [6, 6.07) is 2.85. The standard InChI is InChI=1S/C16H27NOS/c1-5-17-15(16-11(3)7-12(4)19-16)10-13-8-14(9-13)18-6-2/h7,13-15,17H,5-6,8-10H2,1-4H3. The van der Waals surface area contributed by atoms with Crippen molar-refractivity contribution >= 4 is 11.3 Å². The first-order valence-electron chi connectivity index (χ1n) is 7.55. The van der Waals surface area contributed by atoms with Crippen LogP contribution in [0.3, 0.4) is 0 Å². The first-order valence-corrected chi connectivity index (χ1v) is 8.37. The monoisotopic (exact) mass is 281 g/mol. The fourth-order valence-electron chi connectivity index (χ4n) is 3.11. The van der Waals surface area contributed by atoms with Gasteiger partial charge in [0, 0.05) is 22.4 Å². The van der Waals surface area contributed by atoms with Crippen LogP contribution in [0.1, 0.15) is 54.5 Å². The molecule has 0 amide bonds. The summed E-state index contributed by atoms with van der Waals surface area (Å²) >= 11 is 1.96. The Hall–Kier alpha value is -0.380. The Morgan fingerprint density at radius 2 is 2.11 bits per heavy atom. The minimum atomic E-state index is 0.531. The summed E-state index contributed by atoms with van der Waals surface area (Å²) in [5.41, 5.74) is 1.45. The number of hydrogen-bond acceptors (Lipinski definition) is 3. The number of thiophene rings is 1. The van der Waals surface area contributed by atoms with Gasteiger partial charge in [-0.1, -0.05) is 6.92 Å². The molecule has 1 atom stereocenters. The lowest BCUT2D eigenvalue weighted by molar-refractivity contribution is -0.0290. The maximum Gasteiger partial charge on any atom is 0.0580 e. The van der Waals surface area contributed by atoms with E-state index in [1.54, 1.807) is 4.88 Å². The molecule has 1 unspecified atom stereocenters. The molecule has 3 heteroatoms. The van der Waals surface area contributed by atoms with Gasteiger partial charge in [-0.15, -0.1) is 11.3 Å². The van der Waals surface area contributed by atoms with Crippen molar-refractivity contribution in [2.24, 2.45) is 5.92 Å². The second-order valence-electron chi connectivity index (χ2n) is 5.67. The van der Waals surface area contributed by atoms with Gasteiger partial charge in [0.25, 0.3) is 0 Å². The summed E-state index contributed by atoms with van der Waals surface area (Å²) < 4.78 is 5.67. The second kappa shape index (κ2) is 6.87. The highest BCUT2D eigenvalue weighted by Gasteiger charge is 2.32. The van der Waals surface area contributed by atoms with E-state index in [0.29, 0.717) is 12.1 Å². The van der Waals surface area contributed by atoms with Crippen LogP contribution < -0.4 is 5.32 Å². The molecule has 1 heterocycles. The molecule has 1 saturated carbocycles. The minimum Gasteiger partial charge on any atom is -0.378 e. The highest BCUT2D eigenvalue weighted by molar-refractivity contribution is 7.12. The van der Waals surface area contributed by atoms with Crippen LogP contribution >= 0.6 is 11.3 Å². The molecular weight excluding hydrogens is 254 g/mol. The number of ether oxygens (including phenoxy) is 1. The maximum absolute atomic E-state index is 5.67. The third-order valence-electron chi connectivity index (χ3n) is 4.01. The minimum absolute atomic E-state index is 0.531. The number of aryl methyl sites for hydroxylation is 2. The zero-order valence-electron chi connectivity index (χ0n) is 12.7. The predicted octanol–water partition coefficient (Wildman–Crippen LogP) is 4.22. The highest BCUT2D eigenvalue weighted by atomic mass is 32.1. The summed E-state index contributed by atoms with van der Waals surface area (Å²) in [4.78, 5) is 2.97. The van der Waals surface area contributed by atoms with Crippen molar-refractivity contribution in [2.45, 2.75) is 59.1 Å². The quantitative estimate of drug-likeness (QED) is 0.808. The van der Waals surface area contributed by atoms with Crippen molar-refractivity contribution < 1.29 is 4.74 Å². The van der Waals surface area contributed by atoms with Crippen molar-refractivity contribution in [3.8, 4) is 0 Å². The van der Waals surface area contributed by atoms with Gasteiger partial charge in [0.2, 0.25) is 0 Å². The molecule has 1 aromatic rings. The molecule has 1 aliphatic carbocycles. The Morgan fingerprint density at radius 1 is 1.37 bits per heavy atom. The lowest BCUT2D eigenvalue weighted by atomic mass is 9.78. The Balaban J connectivity index is 1.92. The lowest BCUT2D eigenvalue weighted by Crippen LogP contribution is -2.34. The van der Waals surface area contributed by atoms with Gasteiger partial charge in [0.15, 0.2) is 0 Å². The van der Waals surface area contributed by atoms with Gasteiger partial charge in [-0.05, 0) is 64.1 Å². The van der Waals surface area contributed by atoms with Gasteiger partial charge in [0.05, 0.1) is 6.10 Å². The van der Waals surface area contributed by atoms with Crippen LogP contribution in [0, 0.1) is 19.8 Å². The van der Waals surface area contributed by atoms with E-state index in [-0.39, 0.29) is 0 Å². The van der Waals surface area contributed by atoms with Gasteiger partial charge in [0.1, 0.15) is 0 Å². The second-order valence-corrected chi connectivity index (χ2v) is 6.95. The summed E-state index contributed by atoms with van der Waals surface area (Å²) in [7, 11) is 0. The number of nitrogens with one attached hydrogen (secondary N) is 1. The van der Waals surface area contributed by atoms with Gasteiger partial charge in [-0.3, -0.25) is 0 Å². The van der Waals surface area contributed by atoms with Crippen LogP contribution in [0.4, 0.5) is 0 Å². The molecule has 0 aromatic carbocycles. The normalized spacial score (nSPS) is 24.2. The molecule has 19 heavy (non-hydrogen) atoms. The third kappa shape index (κ3) is 3.80. The molecule has 1 fully saturated rings. The average molecular weight is 281 g/mol. The molecule has 0 radical (unpaired) electrons. The average Bonchev–Trinajstić information content (AvgIpc) is 2.64. The van der Waals surface area contributed by atoms with E-state index in [1.165, 1.54) is 29.7 Å². The van der Waals surface area contributed by atoms with Crippen molar-refractivity contribution in [3.63, 3.8) is 0 Å². The molecule has 1 aromatic heterocycles. The van der Waals surface area contributed by atoms with E-state index in [1.807, 2.05) is 11.3 Å². The van der Waals surface area contributed by atoms with E-state index in [2.05, 4.69) is 39.1 Å². The van der Waals surface area contributed by atoms with Gasteiger partial charge >= 0.3 is 0 Å². The molecule has 108 valence electrons. The van der Waals surface area contributed by atoms with Crippen LogP contribution in [0.25, 0.3) is 0 Å². The molecule has 0 bridgehead atoms. The topological polar surface area (TPSA) is 21.3 Å². The summed E-state index contributed by atoms with van der Waals surface area (Å²) in [6.45, 7) is 10.6. The molecule has 0 saturated heterocycles. The fourth-order valence-corrected chi connectivity index (χ4v) is 4.23. The van der Waals surface area contributed by atoms with Gasteiger partial charge < -0.3 is 10.1 Å². The first-order chi connectivity index (χ1) is 9.13. The third-order valence-corrected chi connectivity index (χ3v) is 5.28. The Labute approximate surface area is 121 Å².